The molecule has 0 aromatic carbocycles. The van der Waals surface area contributed by atoms with E-state index in [1.54, 1.807) is 5.32 Å². The van der Waals surface area contributed by atoms with Gasteiger partial charge in [0.05, 0.1) is 0 Å². The molecule has 0 heterocycles. The third kappa shape index (κ3) is 9.22. The number of hydrogen-bond donors (Lipinski definition) is 3. The van der Waals surface area contributed by atoms with Gasteiger partial charge in [-0.3, -0.25) is 5.32 Å². The first-order valence-electron chi connectivity index (χ1n) is 1.49. The second-order valence-corrected chi connectivity index (χ2v) is 0.854. The molecule has 5 nitrogen and oxygen atoms in total. The number of hydrogen-bond acceptors (Lipinski definition) is 2. The summed E-state index contributed by atoms with van der Waals surface area (Å²) in [6.07, 6.45) is 0. The Balaban J connectivity index is 0. The zero-order valence-electron chi connectivity index (χ0n) is 3.47. The van der Waals surface area contributed by atoms with Crippen molar-refractivity contribution in [2.24, 2.45) is 11.5 Å². The molecule has 0 saturated heterocycles. The number of nitrogens with one attached hydrogen (secondary N) is 1. The van der Waals surface area contributed by atoms with Gasteiger partial charge in [-0.05, 0) is 0 Å². The van der Waals surface area contributed by atoms with Crippen molar-refractivity contribution in [2.75, 3.05) is 0 Å². The van der Waals surface area contributed by atoms with Gasteiger partial charge in [-0.25, -0.2) is 9.59 Å². The van der Waals surface area contributed by atoms with Crippen LogP contribution in [0.5, 0.6) is 0 Å². The van der Waals surface area contributed by atoms with Crippen molar-refractivity contribution in [3.8, 4) is 0 Å². The van der Waals surface area contributed by atoms with Gasteiger partial charge in [-0.2, -0.15) is 0 Å². The second kappa shape index (κ2) is 4.89. The average molecular weight is 127 g/mol. The molecule has 4 amide bonds. The summed E-state index contributed by atoms with van der Waals surface area (Å²) in [7, 11) is 0. The van der Waals surface area contributed by atoms with E-state index in [1.807, 2.05) is 0 Å². The summed E-state index contributed by atoms with van der Waals surface area (Å²) < 4.78 is 0. The van der Waals surface area contributed by atoms with Crippen molar-refractivity contribution in [1.82, 2.24) is 5.32 Å². The van der Waals surface area contributed by atoms with Gasteiger partial charge >= 0.3 is 41.6 Å². The van der Waals surface area contributed by atoms with Gasteiger partial charge in [0.15, 0.2) is 0 Å². The Morgan fingerprint density at radius 2 is 1.38 bits per heavy atom. The molecule has 0 aliphatic rings. The van der Waals surface area contributed by atoms with Gasteiger partial charge in [0, 0.05) is 0 Å². The Labute approximate surface area is 68.1 Å². The van der Waals surface area contributed by atoms with Crippen LogP contribution in [0.4, 0.5) is 9.59 Å². The normalized spacial score (nSPS) is 6.50. The molecule has 0 saturated carbocycles. The zero-order chi connectivity index (χ0) is 5.86. The predicted octanol–water partition coefficient (Wildman–Crippen LogP) is -1.92. The van der Waals surface area contributed by atoms with Crippen LogP contribution in [-0.4, -0.2) is 41.6 Å². The minimum absolute atomic E-state index is 0. The molecule has 0 atom stereocenters. The van der Waals surface area contributed by atoms with Crippen LogP contribution < -0.4 is 16.8 Å². The van der Waals surface area contributed by atoms with Crippen molar-refractivity contribution < 1.29 is 9.59 Å². The standard InChI is InChI=1S/C2H5N3O2.Na.H/c3-1(6)5-2(4)7;;/h(H5,3,4,5,6,7);;. The van der Waals surface area contributed by atoms with Crippen molar-refractivity contribution in [3.63, 3.8) is 0 Å². The fourth-order valence-electron chi connectivity index (χ4n) is 0.121. The topological polar surface area (TPSA) is 98.2 Å². The molecule has 0 aromatic rings. The molecular weight excluding hydrogens is 121 g/mol. The van der Waals surface area contributed by atoms with E-state index < -0.39 is 12.1 Å². The monoisotopic (exact) mass is 127 g/mol. The first-order valence-corrected chi connectivity index (χ1v) is 1.49. The quantitative estimate of drug-likeness (QED) is 0.331. The zero-order valence-corrected chi connectivity index (χ0v) is 3.47. The van der Waals surface area contributed by atoms with Crippen LogP contribution in [0.15, 0.2) is 0 Å². The van der Waals surface area contributed by atoms with E-state index in [2.05, 4.69) is 11.5 Å². The summed E-state index contributed by atoms with van der Waals surface area (Å²) in [5.74, 6) is 0. The number of amides is 4. The van der Waals surface area contributed by atoms with E-state index in [-0.39, 0.29) is 29.6 Å². The number of carbonyl (C=O) groups excluding carboxylic acids is 2. The third-order valence-corrected chi connectivity index (χ3v) is 0.246. The van der Waals surface area contributed by atoms with Crippen LogP contribution in [0.2, 0.25) is 0 Å². The number of nitrogens with two attached hydrogens (primary N) is 2. The summed E-state index contributed by atoms with van der Waals surface area (Å²) >= 11 is 0. The second-order valence-electron chi connectivity index (χ2n) is 0.854. The average Bonchev–Trinajstić information content (AvgIpc) is 1.27. The Morgan fingerprint density at radius 1 is 1.12 bits per heavy atom. The fraction of sp³-hybridized carbons (Fsp3) is 0. The summed E-state index contributed by atoms with van der Waals surface area (Å²) in [5, 5.41) is 1.58. The third-order valence-electron chi connectivity index (χ3n) is 0.246. The fourth-order valence-corrected chi connectivity index (χ4v) is 0.121. The summed E-state index contributed by atoms with van der Waals surface area (Å²) in [6.45, 7) is 0. The molecule has 0 radical (unpaired) electrons. The summed E-state index contributed by atoms with van der Waals surface area (Å²) in [4.78, 5) is 19.2. The number of imide groups is 1. The molecule has 0 bridgehead atoms. The Bertz CT molecular complexity index is 91.5. The van der Waals surface area contributed by atoms with E-state index in [0.29, 0.717) is 0 Å². The number of carbonyl (C=O) groups is 2. The molecular formula is C2H6N3NaO2. The summed E-state index contributed by atoms with van der Waals surface area (Å²) in [5.41, 5.74) is 8.88. The van der Waals surface area contributed by atoms with Crippen molar-refractivity contribution in [3.05, 3.63) is 0 Å². The van der Waals surface area contributed by atoms with Crippen LogP contribution >= 0.6 is 0 Å². The molecule has 0 aliphatic heterocycles. The molecule has 0 spiro atoms. The van der Waals surface area contributed by atoms with Gasteiger partial charge in [0.2, 0.25) is 0 Å². The van der Waals surface area contributed by atoms with Crippen LogP contribution in [-0.2, 0) is 0 Å². The van der Waals surface area contributed by atoms with Gasteiger partial charge < -0.3 is 11.5 Å². The van der Waals surface area contributed by atoms with E-state index in [1.165, 1.54) is 0 Å². The van der Waals surface area contributed by atoms with Gasteiger partial charge in [0.1, 0.15) is 0 Å². The molecule has 0 unspecified atom stereocenters. The molecule has 5 N–H and O–H groups in total. The van der Waals surface area contributed by atoms with Crippen LogP contribution in [0.1, 0.15) is 0 Å². The van der Waals surface area contributed by atoms with Crippen LogP contribution in [0, 0.1) is 0 Å². The maximum atomic E-state index is 9.62. The van der Waals surface area contributed by atoms with E-state index in [4.69, 9.17) is 0 Å². The maximum absolute atomic E-state index is 9.62. The Morgan fingerprint density at radius 3 is 1.38 bits per heavy atom. The van der Waals surface area contributed by atoms with Crippen molar-refractivity contribution >= 4 is 41.6 Å². The minimum atomic E-state index is -0.938. The molecule has 0 aromatic heterocycles. The van der Waals surface area contributed by atoms with Gasteiger partial charge in [-0.15, -0.1) is 0 Å². The molecule has 6 heteroatoms. The number of urea groups is 2. The first kappa shape index (κ1) is 10.7. The van der Waals surface area contributed by atoms with Crippen LogP contribution in [0.3, 0.4) is 0 Å². The molecule has 0 aliphatic carbocycles. The Kier molecular flexibility index (Phi) is 6.52. The van der Waals surface area contributed by atoms with E-state index in [0.717, 1.165) is 0 Å². The van der Waals surface area contributed by atoms with Gasteiger partial charge in [-0.1, -0.05) is 0 Å². The van der Waals surface area contributed by atoms with E-state index >= 15 is 0 Å². The Hall–Kier alpha value is -0.260. The van der Waals surface area contributed by atoms with E-state index in [9.17, 15) is 9.59 Å². The molecule has 8 heavy (non-hydrogen) atoms. The molecule has 0 rings (SSSR count). The van der Waals surface area contributed by atoms with Crippen molar-refractivity contribution in [1.29, 1.82) is 0 Å². The molecule has 42 valence electrons. The first-order chi connectivity index (χ1) is 3.13. The molecule has 0 fully saturated rings. The predicted molar refractivity (Wildman–Crippen MR) is 29.5 cm³/mol. The number of rotatable bonds is 0. The van der Waals surface area contributed by atoms with Crippen molar-refractivity contribution in [2.45, 2.75) is 0 Å². The van der Waals surface area contributed by atoms with Crippen LogP contribution in [0.25, 0.3) is 0 Å². The van der Waals surface area contributed by atoms with Gasteiger partial charge in [0.25, 0.3) is 0 Å². The SMILES string of the molecule is NC(=O)NC(N)=O.[NaH]. The summed E-state index contributed by atoms with van der Waals surface area (Å²) in [6, 6.07) is -1.88. The number of primary amides is 2.